The molecule has 0 aliphatic carbocycles. The Morgan fingerprint density at radius 3 is 3.00 bits per heavy atom. The highest BCUT2D eigenvalue weighted by Crippen LogP contribution is 2.19. The van der Waals surface area contributed by atoms with E-state index in [1.54, 1.807) is 12.3 Å². The molecule has 3 nitrogen and oxygen atoms in total. The number of nitrogens with two attached hydrogens (primary N) is 1. The fourth-order valence-electron chi connectivity index (χ4n) is 1.24. The molecule has 0 saturated heterocycles. The number of nitrogens with zero attached hydrogens (tertiary/aromatic N) is 1. The van der Waals surface area contributed by atoms with Crippen LogP contribution in [0.3, 0.4) is 0 Å². The first-order valence-corrected chi connectivity index (χ1v) is 4.36. The van der Waals surface area contributed by atoms with E-state index in [9.17, 15) is 4.39 Å². The third-order valence-corrected chi connectivity index (χ3v) is 1.87. The Bertz CT molecular complexity index is 325. The van der Waals surface area contributed by atoms with E-state index >= 15 is 0 Å². The molecule has 1 atom stereocenters. The van der Waals surface area contributed by atoms with E-state index in [4.69, 9.17) is 5.84 Å². The summed E-state index contributed by atoms with van der Waals surface area (Å²) in [6.45, 7) is 5.62. The van der Waals surface area contributed by atoms with Crippen molar-refractivity contribution in [1.82, 2.24) is 10.4 Å². The normalized spacial score (nSPS) is 12.5. The van der Waals surface area contributed by atoms with Gasteiger partial charge in [0.25, 0.3) is 0 Å². The van der Waals surface area contributed by atoms with Crippen LogP contribution in [-0.2, 0) is 0 Å². The smallest absolute Gasteiger partial charge is 0.146 e. The highest BCUT2D eigenvalue weighted by molar-refractivity contribution is 5.13. The minimum absolute atomic E-state index is 0.311. The van der Waals surface area contributed by atoms with Crippen LogP contribution in [0.15, 0.2) is 30.5 Å². The lowest BCUT2D eigenvalue weighted by molar-refractivity contribution is 0.494. The van der Waals surface area contributed by atoms with E-state index in [1.165, 1.54) is 6.07 Å². The van der Waals surface area contributed by atoms with Gasteiger partial charge in [-0.25, -0.2) is 4.39 Å². The summed E-state index contributed by atoms with van der Waals surface area (Å²) in [4.78, 5) is 3.94. The van der Waals surface area contributed by atoms with Gasteiger partial charge in [-0.05, 0) is 25.5 Å². The summed E-state index contributed by atoms with van der Waals surface area (Å²) in [5.41, 5.74) is 3.79. The van der Waals surface area contributed by atoms with Crippen LogP contribution in [-0.4, -0.2) is 4.98 Å². The monoisotopic (exact) mass is 195 g/mol. The Hall–Kier alpha value is -1.26. The fraction of sp³-hybridized carbons (Fsp3) is 0.300. The van der Waals surface area contributed by atoms with Crippen LogP contribution in [0, 0.1) is 5.82 Å². The molecule has 76 valence electrons. The van der Waals surface area contributed by atoms with Crippen molar-refractivity contribution in [3.8, 4) is 0 Å². The van der Waals surface area contributed by atoms with E-state index in [0.29, 0.717) is 12.1 Å². The number of hydrazine groups is 1. The highest BCUT2D eigenvalue weighted by Gasteiger charge is 2.15. The van der Waals surface area contributed by atoms with Gasteiger partial charge in [0.15, 0.2) is 0 Å². The molecule has 1 aromatic heterocycles. The van der Waals surface area contributed by atoms with Crippen molar-refractivity contribution in [2.45, 2.75) is 19.4 Å². The second-order valence-electron chi connectivity index (χ2n) is 3.25. The van der Waals surface area contributed by atoms with Gasteiger partial charge >= 0.3 is 0 Å². The Morgan fingerprint density at radius 1 is 1.79 bits per heavy atom. The molecular weight excluding hydrogens is 181 g/mol. The summed E-state index contributed by atoms with van der Waals surface area (Å²) in [5, 5.41) is 0. The number of hydrogen-bond acceptors (Lipinski definition) is 3. The highest BCUT2D eigenvalue weighted by atomic mass is 19.1. The minimum atomic E-state index is -0.350. The summed E-state index contributed by atoms with van der Waals surface area (Å²) >= 11 is 0. The van der Waals surface area contributed by atoms with Crippen molar-refractivity contribution >= 4 is 0 Å². The van der Waals surface area contributed by atoms with Crippen LogP contribution in [0.4, 0.5) is 4.39 Å². The third-order valence-electron chi connectivity index (χ3n) is 1.87. The van der Waals surface area contributed by atoms with Gasteiger partial charge in [0, 0.05) is 6.20 Å². The minimum Gasteiger partial charge on any atom is -0.271 e. The molecule has 1 aromatic rings. The summed E-state index contributed by atoms with van der Waals surface area (Å²) in [7, 11) is 0. The molecule has 1 unspecified atom stereocenters. The van der Waals surface area contributed by atoms with Crippen LogP contribution in [0.25, 0.3) is 0 Å². The zero-order valence-electron chi connectivity index (χ0n) is 8.13. The van der Waals surface area contributed by atoms with Gasteiger partial charge in [0.05, 0.1) is 11.7 Å². The maximum atomic E-state index is 13.3. The molecule has 0 spiro atoms. The van der Waals surface area contributed by atoms with Gasteiger partial charge in [-0.1, -0.05) is 5.57 Å². The summed E-state index contributed by atoms with van der Waals surface area (Å²) in [6, 6.07) is 2.60. The first-order valence-electron chi connectivity index (χ1n) is 4.36. The van der Waals surface area contributed by atoms with Crippen molar-refractivity contribution in [3.05, 3.63) is 42.0 Å². The number of rotatable bonds is 4. The van der Waals surface area contributed by atoms with Crippen LogP contribution in [0.2, 0.25) is 0 Å². The van der Waals surface area contributed by atoms with Crippen LogP contribution in [0.1, 0.15) is 25.1 Å². The van der Waals surface area contributed by atoms with E-state index in [1.807, 2.05) is 6.92 Å². The lowest BCUT2D eigenvalue weighted by Crippen LogP contribution is -2.29. The quantitative estimate of drug-likeness (QED) is 0.436. The molecule has 0 bridgehead atoms. The van der Waals surface area contributed by atoms with Crippen LogP contribution < -0.4 is 11.3 Å². The first kappa shape index (κ1) is 10.8. The largest absolute Gasteiger partial charge is 0.271 e. The molecule has 0 radical (unpaired) electrons. The number of hydrogen-bond donors (Lipinski definition) is 2. The molecular formula is C10H14FN3. The van der Waals surface area contributed by atoms with Crippen LogP contribution in [0.5, 0.6) is 0 Å². The molecule has 0 fully saturated rings. The SMILES string of the molecule is C=C(C)CC(NN)c1ncccc1F. The lowest BCUT2D eigenvalue weighted by atomic mass is 10.1. The molecule has 1 heterocycles. The Labute approximate surface area is 82.8 Å². The van der Waals surface area contributed by atoms with E-state index in [2.05, 4.69) is 17.0 Å². The van der Waals surface area contributed by atoms with Gasteiger partial charge in [0.1, 0.15) is 5.82 Å². The molecule has 0 aliphatic rings. The summed E-state index contributed by atoms with van der Waals surface area (Å²) in [6.07, 6.45) is 2.12. The lowest BCUT2D eigenvalue weighted by Gasteiger charge is -2.15. The van der Waals surface area contributed by atoms with E-state index in [0.717, 1.165) is 5.57 Å². The third kappa shape index (κ3) is 2.61. The van der Waals surface area contributed by atoms with E-state index in [-0.39, 0.29) is 11.9 Å². The summed E-state index contributed by atoms with van der Waals surface area (Å²) < 4.78 is 13.3. The number of pyridine rings is 1. The van der Waals surface area contributed by atoms with Crippen LogP contribution >= 0.6 is 0 Å². The zero-order valence-corrected chi connectivity index (χ0v) is 8.13. The molecule has 0 aliphatic heterocycles. The van der Waals surface area contributed by atoms with Gasteiger partial charge in [-0.2, -0.15) is 0 Å². The van der Waals surface area contributed by atoms with Gasteiger partial charge in [-0.3, -0.25) is 16.3 Å². The Morgan fingerprint density at radius 2 is 2.50 bits per heavy atom. The zero-order chi connectivity index (χ0) is 10.6. The predicted molar refractivity (Wildman–Crippen MR) is 53.7 cm³/mol. The summed E-state index contributed by atoms with van der Waals surface area (Å²) in [5.74, 6) is 4.97. The van der Waals surface area contributed by atoms with Crippen molar-refractivity contribution in [1.29, 1.82) is 0 Å². The molecule has 4 heteroatoms. The van der Waals surface area contributed by atoms with Gasteiger partial charge < -0.3 is 0 Å². The van der Waals surface area contributed by atoms with E-state index < -0.39 is 0 Å². The Kier molecular flexibility index (Phi) is 3.73. The van der Waals surface area contributed by atoms with Gasteiger partial charge in [-0.15, -0.1) is 6.58 Å². The molecule has 3 N–H and O–H groups in total. The first-order chi connectivity index (χ1) is 6.65. The van der Waals surface area contributed by atoms with Crippen molar-refractivity contribution in [2.75, 3.05) is 0 Å². The average molecular weight is 195 g/mol. The Balaban J connectivity index is 2.89. The molecule has 0 saturated carbocycles. The topological polar surface area (TPSA) is 50.9 Å². The number of aromatic nitrogens is 1. The van der Waals surface area contributed by atoms with Crippen molar-refractivity contribution in [3.63, 3.8) is 0 Å². The van der Waals surface area contributed by atoms with Crippen molar-refractivity contribution in [2.24, 2.45) is 5.84 Å². The molecule has 0 amide bonds. The second kappa shape index (κ2) is 4.83. The second-order valence-corrected chi connectivity index (χ2v) is 3.25. The maximum absolute atomic E-state index is 13.3. The number of halogens is 1. The maximum Gasteiger partial charge on any atom is 0.146 e. The molecule has 14 heavy (non-hydrogen) atoms. The molecule has 0 aromatic carbocycles. The fourth-order valence-corrected chi connectivity index (χ4v) is 1.24. The molecule has 1 rings (SSSR count). The van der Waals surface area contributed by atoms with Gasteiger partial charge in [0.2, 0.25) is 0 Å². The number of nitrogens with one attached hydrogen (secondary N) is 1. The standard InChI is InChI=1S/C10H14FN3/c1-7(2)6-9(14-12)10-8(11)4-3-5-13-10/h3-5,9,14H,1,6,12H2,2H3. The average Bonchev–Trinajstić information content (AvgIpc) is 2.15. The predicted octanol–water partition coefficient (Wildman–Crippen LogP) is 1.69. The van der Waals surface area contributed by atoms with Crippen molar-refractivity contribution < 1.29 is 4.39 Å².